The fourth-order valence-electron chi connectivity index (χ4n) is 3.45. The Hall–Kier alpha value is -1.02. The molecule has 0 aromatic heterocycles. The van der Waals surface area contributed by atoms with Crippen molar-refractivity contribution in [1.82, 2.24) is 0 Å². The van der Waals surface area contributed by atoms with E-state index >= 15 is 0 Å². The van der Waals surface area contributed by atoms with E-state index in [2.05, 4.69) is 41.5 Å². The summed E-state index contributed by atoms with van der Waals surface area (Å²) in [6, 6.07) is 3.97. The minimum absolute atomic E-state index is 0.0965. The molecule has 0 heterocycles. The summed E-state index contributed by atoms with van der Waals surface area (Å²) in [6.07, 6.45) is 3.64. The molecule has 0 fully saturated rings. The number of aliphatic hydroxyl groups excluding tert-OH is 1. The summed E-state index contributed by atoms with van der Waals surface area (Å²) in [5.74, 6) is 0.418. The van der Waals surface area contributed by atoms with E-state index in [1.807, 2.05) is 12.1 Å². The van der Waals surface area contributed by atoms with Crippen LogP contribution in [0.2, 0.25) is 0 Å². The van der Waals surface area contributed by atoms with E-state index in [9.17, 15) is 10.2 Å². The Morgan fingerprint density at radius 1 is 0.909 bits per heavy atom. The number of benzene rings is 1. The average molecular weight is 306 g/mol. The zero-order chi connectivity index (χ0) is 17.1. The molecule has 0 radical (unpaired) electrons. The van der Waals surface area contributed by atoms with Crippen molar-refractivity contribution in [3.8, 4) is 5.75 Å². The Labute approximate surface area is 136 Å². The van der Waals surface area contributed by atoms with Gasteiger partial charge in [0.1, 0.15) is 5.75 Å². The summed E-state index contributed by atoms with van der Waals surface area (Å²) in [7, 11) is 0. The topological polar surface area (TPSA) is 40.5 Å². The summed E-state index contributed by atoms with van der Waals surface area (Å²) in [5, 5.41) is 21.0. The van der Waals surface area contributed by atoms with Crippen molar-refractivity contribution in [2.45, 2.75) is 91.1 Å². The molecule has 2 nitrogen and oxygen atoms in total. The molecule has 126 valence electrons. The normalized spacial score (nSPS) is 14.2. The Morgan fingerprint density at radius 3 is 1.55 bits per heavy atom. The fourth-order valence-corrected chi connectivity index (χ4v) is 3.45. The Bertz CT molecular complexity index is 459. The van der Waals surface area contributed by atoms with Crippen LogP contribution in [0.15, 0.2) is 12.1 Å². The molecule has 1 atom stereocenters. The Kier molecular flexibility index (Phi) is 6.09. The van der Waals surface area contributed by atoms with Crippen LogP contribution in [0.25, 0.3) is 0 Å². The molecule has 0 aliphatic heterocycles. The molecular weight excluding hydrogens is 272 g/mol. The van der Waals surface area contributed by atoms with Crippen LogP contribution in [-0.4, -0.2) is 10.2 Å². The highest BCUT2D eigenvalue weighted by atomic mass is 16.3. The van der Waals surface area contributed by atoms with Gasteiger partial charge in [0, 0.05) is 11.1 Å². The third-order valence-corrected chi connectivity index (χ3v) is 4.82. The summed E-state index contributed by atoms with van der Waals surface area (Å²) >= 11 is 0. The van der Waals surface area contributed by atoms with Gasteiger partial charge < -0.3 is 10.2 Å². The first-order valence-electron chi connectivity index (χ1n) is 8.62. The second kappa shape index (κ2) is 7.04. The van der Waals surface area contributed by atoms with Gasteiger partial charge in [-0.1, -0.05) is 54.4 Å². The molecule has 0 spiro atoms. The Morgan fingerprint density at radius 2 is 1.27 bits per heavy atom. The lowest BCUT2D eigenvalue weighted by molar-refractivity contribution is 0.198. The van der Waals surface area contributed by atoms with Crippen molar-refractivity contribution in [2.75, 3.05) is 0 Å². The lowest BCUT2D eigenvalue weighted by Gasteiger charge is -2.32. The molecular formula is C20H34O2. The van der Waals surface area contributed by atoms with Gasteiger partial charge in [-0.3, -0.25) is 0 Å². The third-order valence-electron chi connectivity index (χ3n) is 4.82. The molecule has 0 amide bonds. The molecule has 22 heavy (non-hydrogen) atoms. The summed E-state index contributed by atoms with van der Waals surface area (Å²) < 4.78 is 0. The van der Waals surface area contributed by atoms with Crippen LogP contribution in [0.1, 0.15) is 96.9 Å². The Balaban J connectivity index is 3.55. The predicted molar refractivity (Wildman–Crippen MR) is 94.6 cm³/mol. The maximum Gasteiger partial charge on any atom is 0.123 e. The van der Waals surface area contributed by atoms with Crippen LogP contribution in [-0.2, 0) is 10.8 Å². The number of rotatable bonds is 7. The molecule has 1 aromatic rings. The van der Waals surface area contributed by atoms with Gasteiger partial charge in [-0.25, -0.2) is 0 Å². The quantitative estimate of drug-likeness (QED) is 0.688. The van der Waals surface area contributed by atoms with Gasteiger partial charge in [0.25, 0.3) is 0 Å². The highest BCUT2D eigenvalue weighted by Gasteiger charge is 2.31. The van der Waals surface area contributed by atoms with E-state index in [1.165, 1.54) is 0 Å². The largest absolute Gasteiger partial charge is 0.507 e. The van der Waals surface area contributed by atoms with Gasteiger partial charge in [0.2, 0.25) is 0 Å². The van der Waals surface area contributed by atoms with Crippen molar-refractivity contribution >= 4 is 0 Å². The monoisotopic (exact) mass is 306 g/mol. The van der Waals surface area contributed by atoms with Gasteiger partial charge >= 0.3 is 0 Å². The van der Waals surface area contributed by atoms with Crippen LogP contribution in [0, 0.1) is 0 Å². The van der Waals surface area contributed by atoms with Crippen molar-refractivity contribution in [2.24, 2.45) is 0 Å². The number of hydrogen-bond donors (Lipinski definition) is 2. The van der Waals surface area contributed by atoms with Gasteiger partial charge in [0.15, 0.2) is 0 Å². The van der Waals surface area contributed by atoms with Gasteiger partial charge in [-0.2, -0.15) is 0 Å². The first kappa shape index (κ1) is 19.0. The van der Waals surface area contributed by atoms with E-state index in [-0.39, 0.29) is 10.8 Å². The minimum atomic E-state index is -0.520. The molecule has 1 aromatic carbocycles. The smallest absolute Gasteiger partial charge is 0.123 e. The number of phenolic OH excluding ortho intramolecular Hbond substituents is 1. The first-order valence-corrected chi connectivity index (χ1v) is 8.62. The fraction of sp³-hybridized carbons (Fsp3) is 0.700. The summed E-state index contributed by atoms with van der Waals surface area (Å²) in [5.41, 5.74) is 2.64. The van der Waals surface area contributed by atoms with Crippen LogP contribution in [0.3, 0.4) is 0 Å². The van der Waals surface area contributed by atoms with E-state index < -0.39 is 6.10 Å². The zero-order valence-electron chi connectivity index (χ0n) is 15.5. The summed E-state index contributed by atoms with van der Waals surface area (Å²) in [4.78, 5) is 0. The second-order valence-corrected chi connectivity index (χ2v) is 7.91. The first-order chi connectivity index (χ1) is 10.1. The van der Waals surface area contributed by atoms with E-state index in [0.717, 1.165) is 42.4 Å². The maximum atomic E-state index is 10.9. The maximum absolute atomic E-state index is 10.9. The summed E-state index contributed by atoms with van der Waals surface area (Å²) in [6.45, 7) is 14.8. The van der Waals surface area contributed by atoms with Crippen molar-refractivity contribution in [3.05, 3.63) is 28.8 Å². The standard InChI is InChI=1S/C20H34O2/c1-8-10-19(4,5)16-12-15(14(3)21)13-17(18(16)22)20(6,7)11-9-2/h12-14,21-22H,8-11H2,1-7H3. The molecule has 0 bridgehead atoms. The molecule has 0 saturated heterocycles. The van der Waals surface area contributed by atoms with Crippen LogP contribution < -0.4 is 0 Å². The molecule has 0 saturated carbocycles. The van der Waals surface area contributed by atoms with Crippen LogP contribution in [0.4, 0.5) is 0 Å². The van der Waals surface area contributed by atoms with E-state index in [4.69, 9.17) is 0 Å². The molecule has 1 unspecified atom stereocenters. The van der Waals surface area contributed by atoms with E-state index in [1.54, 1.807) is 6.92 Å². The van der Waals surface area contributed by atoms with Crippen molar-refractivity contribution in [1.29, 1.82) is 0 Å². The van der Waals surface area contributed by atoms with Gasteiger partial charge in [-0.15, -0.1) is 0 Å². The molecule has 1 rings (SSSR count). The van der Waals surface area contributed by atoms with Crippen LogP contribution in [0.5, 0.6) is 5.75 Å². The van der Waals surface area contributed by atoms with Crippen molar-refractivity contribution < 1.29 is 10.2 Å². The molecule has 0 aliphatic rings. The zero-order valence-corrected chi connectivity index (χ0v) is 15.5. The van der Waals surface area contributed by atoms with E-state index in [0.29, 0.717) is 5.75 Å². The molecule has 2 heteroatoms. The van der Waals surface area contributed by atoms with Gasteiger partial charge in [-0.05, 0) is 48.3 Å². The molecule has 2 N–H and O–H groups in total. The number of hydrogen-bond acceptors (Lipinski definition) is 2. The SMILES string of the molecule is CCCC(C)(C)c1cc(C(C)O)cc(C(C)(C)CCC)c1O. The number of aromatic hydroxyl groups is 1. The predicted octanol–water partition coefficient (Wildman–Crippen LogP) is 5.60. The number of phenols is 1. The average Bonchev–Trinajstić information content (AvgIpc) is 2.37. The molecule has 0 aliphatic carbocycles. The highest BCUT2D eigenvalue weighted by molar-refractivity contribution is 5.50. The second-order valence-electron chi connectivity index (χ2n) is 7.91. The van der Waals surface area contributed by atoms with Gasteiger partial charge in [0.05, 0.1) is 6.10 Å². The van der Waals surface area contributed by atoms with Crippen LogP contribution >= 0.6 is 0 Å². The lowest BCUT2D eigenvalue weighted by Crippen LogP contribution is -2.22. The lowest BCUT2D eigenvalue weighted by atomic mass is 9.73. The highest BCUT2D eigenvalue weighted by Crippen LogP contribution is 2.44. The third kappa shape index (κ3) is 4.04. The van der Waals surface area contributed by atoms with Crippen molar-refractivity contribution in [3.63, 3.8) is 0 Å². The minimum Gasteiger partial charge on any atom is -0.507 e. The number of aliphatic hydroxyl groups is 1.